The average molecular weight is 705 g/mol. The number of benzene rings is 9. The van der Waals surface area contributed by atoms with Gasteiger partial charge in [0, 0.05) is 33.4 Å². The van der Waals surface area contributed by atoms with E-state index in [1.807, 2.05) is 42.5 Å². The molecule has 0 atom stereocenters. The highest BCUT2D eigenvalue weighted by atomic mass is 16.4. The van der Waals surface area contributed by atoms with E-state index in [4.69, 9.17) is 13.8 Å². The highest BCUT2D eigenvalue weighted by Crippen LogP contribution is 2.44. The molecule has 0 amide bonds. The van der Waals surface area contributed by atoms with Gasteiger partial charge in [0.2, 0.25) is 5.89 Å². The van der Waals surface area contributed by atoms with Gasteiger partial charge in [-0.25, -0.2) is 4.98 Å². The Labute approximate surface area is 317 Å². The number of nitrogens with zero attached hydrogens (tertiary/aromatic N) is 2. The van der Waals surface area contributed by atoms with E-state index in [9.17, 15) is 0 Å². The fourth-order valence-corrected chi connectivity index (χ4v) is 8.03. The first-order valence-corrected chi connectivity index (χ1v) is 18.5. The zero-order chi connectivity index (χ0) is 36.3. The second-order valence-corrected chi connectivity index (χ2v) is 13.9. The Morgan fingerprint density at radius 3 is 1.51 bits per heavy atom. The van der Waals surface area contributed by atoms with E-state index in [-0.39, 0.29) is 0 Å². The monoisotopic (exact) mass is 704 g/mol. The number of furan rings is 1. The number of hydrogen-bond acceptors (Lipinski definition) is 4. The molecule has 11 rings (SSSR count). The molecular formula is C51H32N2O2. The molecule has 0 bridgehead atoms. The average Bonchev–Trinajstić information content (AvgIpc) is 3.87. The lowest BCUT2D eigenvalue weighted by molar-refractivity contribution is 0.622. The van der Waals surface area contributed by atoms with Gasteiger partial charge in [-0.15, -0.1) is 0 Å². The number of aromatic nitrogens is 1. The number of oxazole rings is 1. The third-order valence-corrected chi connectivity index (χ3v) is 10.7. The highest BCUT2D eigenvalue weighted by molar-refractivity contribution is 6.30. The van der Waals surface area contributed by atoms with Gasteiger partial charge in [-0.1, -0.05) is 127 Å². The first-order valence-electron chi connectivity index (χ1n) is 18.5. The van der Waals surface area contributed by atoms with Gasteiger partial charge in [-0.3, -0.25) is 0 Å². The maximum atomic E-state index is 6.54. The lowest BCUT2D eigenvalue weighted by Gasteiger charge is -2.26. The Balaban J connectivity index is 1.09. The van der Waals surface area contributed by atoms with Crippen molar-refractivity contribution in [2.45, 2.75) is 0 Å². The van der Waals surface area contributed by atoms with E-state index in [0.29, 0.717) is 5.89 Å². The molecule has 0 spiro atoms. The molecule has 0 radical (unpaired) electrons. The van der Waals surface area contributed by atoms with Gasteiger partial charge in [0.25, 0.3) is 0 Å². The van der Waals surface area contributed by atoms with E-state index >= 15 is 0 Å². The minimum absolute atomic E-state index is 0.598. The normalized spacial score (nSPS) is 11.6. The predicted molar refractivity (Wildman–Crippen MR) is 227 cm³/mol. The number of rotatable bonds is 6. The second kappa shape index (κ2) is 12.6. The molecule has 0 aliphatic carbocycles. The number of anilines is 3. The van der Waals surface area contributed by atoms with Gasteiger partial charge < -0.3 is 13.7 Å². The summed E-state index contributed by atoms with van der Waals surface area (Å²) >= 11 is 0. The van der Waals surface area contributed by atoms with Crippen LogP contribution in [0, 0.1) is 0 Å². The zero-order valence-corrected chi connectivity index (χ0v) is 29.7. The SMILES string of the molecule is c1ccc(-c2ccc(N(c3ccc(-c4ccccc4)cc3)c3ccc4c(ccc5ccc6oc7ccc8nc(-c9ccccc9)oc8c7c6c54)c3)cc2)cc1. The molecule has 0 aliphatic heterocycles. The van der Waals surface area contributed by atoms with E-state index in [2.05, 4.69) is 157 Å². The van der Waals surface area contributed by atoms with E-state index in [0.717, 1.165) is 77.2 Å². The molecule has 0 unspecified atom stereocenters. The van der Waals surface area contributed by atoms with Crippen molar-refractivity contribution < 1.29 is 8.83 Å². The number of fused-ring (bicyclic) bond motifs is 9. The van der Waals surface area contributed by atoms with Crippen LogP contribution in [0.5, 0.6) is 0 Å². The molecule has 4 heteroatoms. The van der Waals surface area contributed by atoms with Crippen LogP contribution in [0.4, 0.5) is 17.1 Å². The van der Waals surface area contributed by atoms with Gasteiger partial charge in [0.05, 0.1) is 5.39 Å². The van der Waals surface area contributed by atoms with Crippen molar-refractivity contribution in [3.63, 3.8) is 0 Å². The molecule has 0 N–H and O–H groups in total. The van der Waals surface area contributed by atoms with E-state index in [1.165, 1.54) is 22.3 Å². The van der Waals surface area contributed by atoms with Crippen molar-refractivity contribution in [2.75, 3.05) is 4.90 Å². The van der Waals surface area contributed by atoms with Gasteiger partial charge in [-0.2, -0.15) is 0 Å². The van der Waals surface area contributed by atoms with Crippen LogP contribution in [0.3, 0.4) is 0 Å². The molecule has 0 aliphatic rings. The van der Waals surface area contributed by atoms with Crippen LogP contribution in [0.25, 0.3) is 88.3 Å². The molecular weight excluding hydrogens is 673 g/mol. The summed E-state index contributed by atoms with van der Waals surface area (Å²) in [6, 6.07) is 68.2. The zero-order valence-electron chi connectivity index (χ0n) is 29.7. The maximum Gasteiger partial charge on any atom is 0.227 e. The first kappa shape index (κ1) is 31.1. The van der Waals surface area contributed by atoms with Crippen LogP contribution in [0.2, 0.25) is 0 Å². The van der Waals surface area contributed by atoms with Gasteiger partial charge in [-0.05, 0) is 105 Å². The van der Waals surface area contributed by atoms with E-state index < -0.39 is 0 Å². The fourth-order valence-electron chi connectivity index (χ4n) is 8.03. The summed E-state index contributed by atoms with van der Waals surface area (Å²) in [5.41, 5.74) is 12.1. The van der Waals surface area contributed by atoms with Crippen LogP contribution in [0.15, 0.2) is 203 Å². The molecule has 2 aromatic heterocycles. The predicted octanol–water partition coefficient (Wildman–Crippen LogP) is 14.5. The maximum absolute atomic E-state index is 6.54. The molecule has 0 saturated heterocycles. The van der Waals surface area contributed by atoms with Gasteiger partial charge in [0.15, 0.2) is 5.58 Å². The third kappa shape index (κ3) is 5.26. The Morgan fingerprint density at radius 2 is 0.873 bits per heavy atom. The highest BCUT2D eigenvalue weighted by Gasteiger charge is 2.20. The largest absolute Gasteiger partial charge is 0.456 e. The smallest absolute Gasteiger partial charge is 0.227 e. The fraction of sp³-hybridized carbons (Fsp3) is 0. The molecule has 0 fully saturated rings. The summed E-state index contributed by atoms with van der Waals surface area (Å²) in [5.74, 6) is 0.598. The van der Waals surface area contributed by atoms with E-state index in [1.54, 1.807) is 0 Å². The molecule has 9 aromatic carbocycles. The lowest BCUT2D eigenvalue weighted by atomic mass is 9.96. The summed E-state index contributed by atoms with van der Waals surface area (Å²) in [6.07, 6.45) is 0. The lowest BCUT2D eigenvalue weighted by Crippen LogP contribution is -2.09. The van der Waals surface area contributed by atoms with Crippen molar-refractivity contribution in [1.82, 2.24) is 4.98 Å². The summed E-state index contributed by atoms with van der Waals surface area (Å²) in [6.45, 7) is 0. The van der Waals surface area contributed by atoms with Crippen LogP contribution in [-0.2, 0) is 0 Å². The van der Waals surface area contributed by atoms with Crippen molar-refractivity contribution in [3.05, 3.63) is 194 Å². The summed E-state index contributed by atoms with van der Waals surface area (Å²) in [4.78, 5) is 7.22. The summed E-state index contributed by atoms with van der Waals surface area (Å²) in [7, 11) is 0. The third-order valence-electron chi connectivity index (χ3n) is 10.7. The van der Waals surface area contributed by atoms with Crippen molar-refractivity contribution in [2.24, 2.45) is 0 Å². The van der Waals surface area contributed by atoms with Crippen LogP contribution < -0.4 is 4.90 Å². The minimum atomic E-state index is 0.598. The standard InChI is InChI=1S/C51H32N2O2/c1-4-10-33(11-5-1)35-18-23-40(24-19-35)53(41-25-20-36(21-26-41)34-12-6-2-7-13-34)42-27-28-43-39(32-42)17-16-37-22-30-45-48(47(37)43)49-46(54-45)31-29-44-50(49)55-51(52-44)38-14-8-3-9-15-38/h1-32H. The summed E-state index contributed by atoms with van der Waals surface area (Å²) < 4.78 is 13.0. The second-order valence-electron chi connectivity index (χ2n) is 13.9. The quantitative estimate of drug-likeness (QED) is 0.162. The Bertz CT molecular complexity index is 3080. The van der Waals surface area contributed by atoms with Crippen molar-refractivity contribution in [3.8, 4) is 33.7 Å². The molecule has 11 aromatic rings. The minimum Gasteiger partial charge on any atom is -0.456 e. The molecule has 2 heterocycles. The summed E-state index contributed by atoms with van der Waals surface area (Å²) in [5, 5.41) is 6.54. The molecule has 55 heavy (non-hydrogen) atoms. The number of hydrogen-bond donors (Lipinski definition) is 0. The topological polar surface area (TPSA) is 42.4 Å². The van der Waals surface area contributed by atoms with Crippen LogP contribution in [-0.4, -0.2) is 4.98 Å². The molecule has 4 nitrogen and oxygen atoms in total. The Morgan fingerprint density at radius 1 is 0.364 bits per heavy atom. The van der Waals surface area contributed by atoms with Gasteiger partial charge in [0.1, 0.15) is 16.7 Å². The van der Waals surface area contributed by atoms with Gasteiger partial charge >= 0.3 is 0 Å². The Hall–Kier alpha value is -7.43. The first-order chi connectivity index (χ1) is 27.2. The Kier molecular flexibility index (Phi) is 7.14. The molecule has 258 valence electrons. The van der Waals surface area contributed by atoms with Crippen LogP contribution in [0.1, 0.15) is 0 Å². The van der Waals surface area contributed by atoms with Crippen molar-refractivity contribution >= 4 is 71.6 Å². The van der Waals surface area contributed by atoms with Crippen molar-refractivity contribution in [1.29, 1.82) is 0 Å². The van der Waals surface area contributed by atoms with Crippen LogP contribution >= 0.6 is 0 Å². The molecule has 0 saturated carbocycles.